The molecular formula is C18H25NO5. The molecule has 2 aliphatic heterocycles. The zero-order chi connectivity index (χ0) is 17.0. The van der Waals surface area contributed by atoms with Crippen LogP contribution in [0.25, 0.3) is 0 Å². The summed E-state index contributed by atoms with van der Waals surface area (Å²) in [6.07, 6.45) is 3.34. The summed E-state index contributed by atoms with van der Waals surface area (Å²) in [7, 11) is 1.77. The molecule has 2 saturated heterocycles. The van der Waals surface area contributed by atoms with Crippen molar-refractivity contribution in [2.24, 2.45) is 0 Å². The van der Waals surface area contributed by atoms with Crippen molar-refractivity contribution < 1.29 is 24.1 Å². The standard InChI is InChI=1S/C18H25NO5/c1-22-16-12-19(9-8-18(16)7-2-10-24-18)11-14-3-5-15(6-4-14)23-13-17(20)21/h3-6,16H,2,7-13H2,1H3,(H,20,21)/t16-,18-/m0/s1. The zero-order valence-electron chi connectivity index (χ0n) is 14.1. The van der Waals surface area contributed by atoms with Gasteiger partial charge in [-0.2, -0.15) is 0 Å². The Morgan fingerprint density at radius 1 is 1.38 bits per heavy atom. The number of aliphatic carboxylic acids is 1. The van der Waals surface area contributed by atoms with E-state index in [-0.39, 0.29) is 18.3 Å². The summed E-state index contributed by atoms with van der Waals surface area (Å²) in [4.78, 5) is 12.9. The van der Waals surface area contributed by atoms with E-state index in [1.54, 1.807) is 7.11 Å². The average molecular weight is 335 g/mol. The minimum atomic E-state index is -0.971. The quantitative estimate of drug-likeness (QED) is 0.857. The number of ether oxygens (including phenoxy) is 3. The van der Waals surface area contributed by atoms with Crippen LogP contribution >= 0.6 is 0 Å². The van der Waals surface area contributed by atoms with Gasteiger partial charge in [-0.1, -0.05) is 12.1 Å². The number of likely N-dealkylation sites (tertiary alicyclic amines) is 1. The fourth-order valence-electron chi connectivity index (χ4n) is 3.70. The Kier molecular flexibility index (Phi) is 5.38. The van der Waals surface area contributed by atoms with Crippen LogP contribution in [0.3, 0.4) is 0 Å². The number of carboxylic acid groups (broad SMARTS) is 1. The summed E-state index contributed by atoms with van der Waals surface area (Å²) >= 11 is 0. The number of piperidine rings is 1. The van der Waals surface area contributed by atoms with Crippen molar-refractivity contribution in [2.75, 3.05) is 33.4 Å². The van der Waals surface area contributed by atoms with Gasteiger partial charge in [-0.15, -0.1) is 0 Å². The van der Waals surface area contributed by atoms with Crippen molar-refractivity contribution in [2.45, 2.75) is 37.5 Å². The second-order valence-corrected chi connectivity index (χ2v) is 6.55. The highest BCUT2D eigenvalue weighted by Gasteiger charge is 2.46. The highest BCUT2D eigenvalue weighted by Crippen LogP contribution is 2.37. The molecule has 3 rings (SSSR count). The van der Waals surface area contributed by atoms with Crippen molar-refractivity contribution in [1.82, 2.24) is 4.90 Å². The Hall–Kier alpha value is -1.63. The lowest BCUT2D eigenvalue weighted by Crippen LogP contribution is -2.55. The van der Waals surface area contributed by atoms with Crippen LogP contribution in [0.1, 0.15) is 24.8 Å². The van der Waals surface area contributed by atoms with E-state index < -0.39 is 5.97 Å². The molecule has 0 aliphatic carbocycles. The van der Waals surface area contributed by atoms with Crippen LogP contribution in [0.15, 0.2) is 24.3 Å². The van der Waals surface area contributed by atoms with E-state index in [4.69, 9.17) is 19.3 Å². The summed E-state index contributed by atoms with van der Waals surface area (Å²) in [6, 6.07) is 7.60. The molecule has 1 aromatic rings. The summed E-state index contributed by atoms with van der Waals surface area (Å²) in [5.74, 6) is -0.395. The third-order valence-corrected chi connectivity index (χ3v) is 4.97. The van der Waals surface area contributed by atoms with Gasteiger partial charge in [0.1, 0.15) is 5.75 Å². The summed E-state index contributed by atoms with van der Waals surface area (Å²) in [5, 5.41) is 8.63. The first kappa shape index (κ1) is 17.2. The number of rotatable bonds is 6. The first-order valence-electron chi connectivity index (χ1n) is 8.44. The van der Waals surface area contributed by atoms with Crippen molar-refractivity contribution >= 4 is 5.97 Å². The van der Waals surface area contributed by atoms with Gasteiger partial charge in [-0.05, 0) is 37.0 Å². The van der Waals surface area contributed by atoms with E-state index in [1.807, 2.05) is 24.3 Å². The average Bonchev–Trinajstić information content (AvgIpc) is 3.05. The van der Waals surface area contributed by atoms with Crippen molar-refractivity contribution in [3.8, 4) is 5.75 Å². The van der Waals surface area contributed by atoms with E-state index in [2.05, 4.69) is 4.90 Å². The Balaban J connectivity index is 1.55. The molecule has 2 fully saturated rings. The Morgan fingerprint density at radius 2 is 2.17 bits per heavy atom. The van der Waals surface area contributed by atoms with Gasteiger partial charge in [0, 0.05) is 33.4 Å². The molecule has 1 N–H and O–H groups in total. The molecule has 0 bridgehead atoms. The number of benzene rings is 1. The molecule has 0 amide bonds. The highest BCUT2D eigenvalue weighted by atomic mass is 16.6. The number of carbonyl (C=O) groups is 1. The molecule has 2 heterocycles. The van der Waals surface area contributed by atoms with E-state index in [9.17, 15) is 4.79 Å². The molecule has 0 unspecified atom stereocenters. The van der Waals surface area contributed by atoms with Crippen LogP contribution in [0.5, 0.6) is 5.75 Å². The molecule has 6 nitrogen and oxygen atoms in total. The SMILES string of the molecule is CO[C@H]1CN(Cc2ccc(OCC(=O)O)cc2)CC[C@@]12CCCO2. The normalized spacial score (nSPS) is 27.5. The minimum absolute atomic E-state index is 0.0836. The second kappa shape index (κ2) is 7.51. The predicted octanol–water partition coefficient (Wildman–Crippen LogP) is 1.92. The molecule has 2 atom stereocenters. The van der Waals surface area contributed by atoms with E-state index >= 15 is 0 Å². The maximum absolute atomic E-state index is 10.5. The van der Waals surface area contributed by atoms with Crippen molar-refractivity contribution in [3.05, 3.63) is 29.8 Å². The fourth-order valence-corrected chi connectivity index (χ4v) is 3.70. The van der Waals surface area contributed by atoms with Gasteiger partial charge in [0.25, 0.3) is 0 Å². The first-order chi connectivity index (χ1) is 11.6. The zero-order valence-corrected chi connectivity index (χ0v) is 14.1. The maximum atomic E-state index is 10.5. The fraction of sp³-hybridized carbons (Fsp3) is 0.611. The largest absolute Gasteiger partial charge is 0.482 e. The summed E-state index contributed by atoms with van der Waals surface area (Å²) < 4.78 is 16.9. The summed E-state index contributed by atoms with van der Waals surface area (Å²) in [6.45, 7) is 3.24. The second-order valence-electron chi connectivity index (χ2n) is 6.55. The highest BCUT2D eigenvalue weighted by molar-refractivity contribution is 5.68. The molecule has 1 spiro atoms. The van der Waals surface area contributed by atoms with Gasteiger partial charge in [-0.3, -0.25) is 4.90 Å². The Bertz CT molecular complexity index is 553. The van der Waals surface area contributed by atoms with Crippen LogP contribution < -0.4 is 4.74 Å². The van der Waals surface area contributed by atoms with Crippen LogP contribution in [0.2, 0.25) is 0 Å². The number of nitrogens with zero attached hydrogens (tertiary/aromatic N) is 1. The van der Waals surface area contributed by atoms with Crippen molar-refractivity contribution in [3.63, 3.8) is 0 Å². The number of carboxylic acids is 1. The Labute approximate surface area is 142 Å². The smallest absolute Gasteiger partial charge is 0.341 e. The third kappa shape index (κ3) is 3.88. The van der Waals surface area contributed by atoms with Gasteiger partial charge in [-0.25, -0.2) is 4.79 Å². The van der Waals surface area contributed by atoms with E-state index in [0.29, 0.717) is 5.75 Å². The summed E-state index contributed by atoms with van der Waals surface area (Å²) in [5.41, 5.74) is 1.09. The molecule has 0 aromatic heterocycles. The third-order valence-electron chi connectivity index (χ3n) is 4.97. The monoisotopic (exact) mass is 335 g/mol. The van der Waals surface area contributed by atoms with Crippen LogP contribution in [-0.4, -0.2) is 61.1 Å². The van der Waals surface area contributed by atoms with Gasteiger partial charge in [0.15, 0.2) is 6.61 Å². The van der Waals surface area contributed by atoms with Gasteiger partial charge in [0.2, 0.25) is 0 Å². The molecule has 132 valence electrons. The minimum Gasteiger partial charge on any atom is -0.482 e. The molecular weight excluding hydrogens is 310 g/mol. The molecule has 2 aliphatic rings. The lowest BCUT2D eigenvalue weighted by Gasteiger charge is -2.44. The molecule has 0 saturated carbocycles. The van der Waals surface area contributed by atoms with E-state index in [0.717, 1.165) is 45.5 Å². The Morgan fingerprint density at radius 3 is 2.79 bits per heavy atom. The van der Waals surface area contributed by atoms with Crippen LogP contribution in [-0.2, 0) is 20.8 Å². The van der Waals surface area contributed by atoms with Crippen molar-refractivity contribution in [1.29, 1.82) is 0 Å². The number of hydrogen-bond acceptors (Lipinski definition) is 5. The molecule has 1 aromatic carbocycles. The van der Waals surface area contributed by atoms with Gasteiger partial charge in [0.05, 0.1) is 11.7 Å². The van der Waals surface area contributed by atoms with Gasteiger partial charge < -0.3 is 19.3 Å². The number of hydrogen-bond donors (Lipinski definition) is 1. The lowest BCUT2D eigenvalue weighted by atomic mass is 9.85. The first-order valence-corrected chi connectivity index (χ1v) is 8.44. The molecule has 24 heavy (non-hydrogen) atoms. The topological polar surface area (TPSA) is 68.2 Å². The molecule has 0 radical (unpaired) electrons. The lowest BCUT2D eigenvalue weighted by molar-refractivity contribution is -0.143. The van der Waals surface area contributed by atoms with Gasteiger partial charge >= 0.3 is 5.97 Å². The van der Waals surface area contributed by atoms with Crippen LogP contribution in [0, 0.1) is 0 Å². The van der Waals surface area contributed by atoms with Crippen LogP contribution in [0.4, 0.5) is 0 Å². The molecule has 6 heteroatoms. The maximum Gasteiger partial charge on any atom is 0.341 e. The predicted molar refractivity (Wildman–Crippen MR) is 88.2 cm³/mol. The number of methoxy groups -OCH3 is 1. The van der Waals surface area contributed by atoms with E-state index in [1.165, 1.54) is 5.56 Å².